The first-order valence-electron chi connectivity index (χ1n) is 14.0. The van der Waals surface area contributed by atoms with Crippen LogP contribution in [0, 0.1) is 6.92 Å². The van der Waals surface area contributed by atoms with Crippen LogP contribution in [0.5, 0.6) is 5.75 Å². The minimum atomic E-state index is -0.821. The second kappa shape index (κ2) is 11.0. The van der Waals surface area contributed by atoms with E-state index in [1.165, 1.54) is 4.90 Å². The highest BCUT2D eigenvalue weighted by atomic mass is 16.5. The lowest BCUT2D eigenvalue weighted by Crippen LogP contribution is -2.30. The number of aryl methyl sites for hydroxylation is 1. The van der Waals surface area contributed by atoms with E-state index in [0.29, 0.717) is 23.6 Å². The second-order valence-electron chi connectivity index (χ2n) is 12.6. The van der Waals surface area contributed by atoms with Gasteiger partial charge in [-0.1, -0.05) is 97.0 Å². The third-order valence-corrected chi connectivity index (χ3v) is 7.48. The number of nitrogens with zero attached hydrogens (tertiary/aromatic N) is 1. The first-order valence-corrected chi connectivity index (χ1v) is 14.0. The third-order valence-electron chi connectivity index (χ3n) is 7.48. The summed E-state index contributed by atoms with van der Waals surface area (Å²) in [6.07, 6.45) is 0.800. The van der Waals surface area contributed by atoms with Gasteiger partial charge in [-0.05, 0) is 64.6 Å². The minimum absolute atomic E-state index is 0.0640. The number of para-hydroxylation sites is 2. The standard InChI is InChI=1S/C35H41NO4/c1-9-20-40-28-13-11-10-12-27(28)36-30(23-15-18-24(19-16-23)34(3,4)5)29(32(38)33(36)39)31(37)26-21-25(35(6,7)8)17-14-22(26)2/h10-19,21,30,37H,9,20H2,1-8H3/b31-29+. The average Bonchev–Trinajstić information content (AvgIpc) is 3.16. The Morgan fingerprint density at radius 2 is 1.48 bits per heavy atom. The lowest BCUT2D eigenvalue weighted by Gasteiger charge is -2.28. The molecule has 0 saturated carbocycles. The van der Waals surface area contributed by atoms with Gasteiger partial charge in [0.1, 0.15) is 11.5 Å². The molecule has 210 valence electrons. The van der Waals surface area contributed by atoms with Crippen molar-refractivity contribution in [2.24, 2.45) is 0 Å². The van der Waals surface area contributed by atoms with Crippen molar-refractivity contribution in [1.82, 2.24) is 0 Å². The minimum Gasteiger partial charge on any atom is -0.507 e. The molecule has 3 aromatic carbocycles. The number of amides is 1. The van der Waals surface area contributed by atoms with E-state index in [-0.39, 0.29) is 22.2 Å². The van der Waals surface area contributed by atoms with Crippen molar-refractivity contribution in [3.05, 3.63) is 100 Å². The van der Waals surface area contributed by atoms with Crippen LogP contribution in [0.3, 0.4) is 0 Å². The SMILES string of the molecule is CCCOc1ccccc1N1C(=O)C(=O)/C(=C(/O)c2cc(C(C)(C)C)ccc2C)C1c1ccc(C(C)(C)C)cc1. The van der Waals surface area contributed by atoms with Gasteiger partial charge in [-0.15, -0.1) is 0 Å². The number of benzene rings is 3. The monoisotopic (exact) mass is 539 g/mol. The fourth-order valence-corrected chi connectivity index (χ4v) is 5.04. The molecule has 40 heavy (non-hydrogen) atoms. The first-order chi connectivity index (χ1) is 18.8. The fraction of sp³-hybridized carbons (Fsp3) is 0.371. The van der Waals surface area contributed by atoms with Gasteiger partial charge in [0, 0.05) is 5.56 Å². The number of rotatable bonds is 6. The number of hydrogen-bond donors (Lipinski definition) is 1. The Labute approximate surface area is 238 Å². The largest absolute Gasteiger partial charge is 0.507 e. The van der Waals surface area contributed by atoms with E-state index in [9.17, 15) is 14.7 Å². The molecule has 4 rings (SSSR count). The zero-order chi connectivity index (χ0) is 29.4. The highest BCUT2D eigenvalue weighted by Crippen LogP contribution is 2.45. The van der Waals surface area contributed by atoms with E-state index >= 15 is 0 Å². The Kier molecular flexibility index (Phi) is 7.98. The Morgan fingerprint density at radius 1 is 0.875 bits per heavy atom. The van der Waals surface area contributed by atoms with Crippen molar-refractivity contribution >= 4 is 23.1 Å². The van der Waals surface area contributed by atoms with Gasteiger partial charge < -0.3 is 9.84 Å². The summed E-state index contributed by atoms with van der Waals surface area (Å²) < 4.78 is 6.00. The predicted octanol–water partition coefficient (Wildman–Crippen LogP) is 8.01. The Morgan fingerprint density at radius 3 is 2.08 bits per heavy atom. The van der Waals surface area contributed by atoms with Crippen LogP contribution in [0.25, 0.3) is 5.76 Å². The molecular weight excluding hydrogens is 498 g/mol. The number of anilines is 1. The molecule has 1 saturated heterocycles. The van der Waals surface area contributed by atoms with Crippen LogP contribution in [-0.2, 0) is 20.4 Å². The van der Waals surface area contributed by atoms with Crippen molar-refractivity contribution in [3.63, 3.8) is 0 Å². The van der Waals surface area contributed by atoms with Crippen molar-refractivity contribution in [2.75, 3.05) is 11.5 Å². The maximum absolute atomic E-state index is 13.8. The van der Waals surface area contributed by atoms with Crippen molar-refractivity contribution in [2.45, 2.75) is 78.7 Å². The molecule has 1 aliphatic heterocycles. The average molecular weight is 540 g/mol. The number of Topliss-reactive ketones (excluding diaryl/α,β-unsaturated/α-hetero) is 1. The molecule has 5 nitrogen and oxygen atoms in total. The van der Waals surface area contributed by atoms with Gasteiger partial charge in [-0.3, -0.25) is 14.5 Å². The summed E-state index contributed by atoms with van der Waals surface area (Å²) in [6, 6.07) is 20.3. The summed E-state index contributed by atoms with van der Waals surface area (Å²) >= 11 is 0. The smallest absolute Gasteiger partial charge is 0.300 e. The van der Waals surface area contributed by atoms with E-state index in [2.05, 4.69) is 41.5 Å². The summed E-state index contributed by atoms with van der Waals surface area (Å²) in [5.74, 6) is -1.05. The highest BCUT2D eigenvalue weighted by Gasteiger charge is 2.48. The van der Waals surface area contributed by atoms with Crippen LogP contribution >= 0.6 is 0 Å². The van der Waals surface area contributed by atoms with Crippen LogP contribution < -0.4 is 9.64 Å². The van der Waals surface area contributed by atoms with Gasteiger partial charge in [-0.25, -0.2) is 0 Å². The lowest BCUT2D eigenvalue weighted by atomic mass is 9.84. The Balaban J connectivity index is 1.98. The zero-order valence-corrected chi connectivity index (χ0v) is 25.0. The summed E-state index contributed by atoms with van der Waals surface area (Å²) in [4.78, 5) is 29.0. The van der Waals surface area contributed by atoms with Gasteiger partial charge in [0.05, 0.1) is 23.9 Å². The van der Waals surface area contributed by atoms with E-state index in [0.717, 1.165) is 28.7 Å². The van der Waals surface area contributed by atoms with Gasteiger partial charge in [-0.2, -0.15) is 0 Å². The number of aliphatic hydroxyl groups excluding tert-OH is 1. The lowest BCUT2D eigenvalue weighted by molar-refractivity contribution is -0.132. The summed E-state index contributed by atoms with van der Waals surface area (Å²) in [6.45, 7) is 17.1. The van der Waals surface area contributed by atoms with Crippen molar-refractivity contribution in [1.29, 1.82) is 0 Å². The molecule has 1 fully saturated rings. The molecule has 0 radical (unpaired) electrons. The Bertz CT molecular complexity index is 1450. The van der Waals surface area contributed by atoms with E-state index < -0.39 is 17.7 Å². The normalized spacial score (nSPS) is 17.4. The van der Waals surface area contributed by atoms with E-state index in [1.54, 1.807) is 12.1 Å². The number of aliphatic hydroxyl groups is 1. The third kappa shape index (κ3) is 5.56. The molecular formula is C35H41NO4. The molecule has 1 N–H and O–H groups in total. The second-order valence-corrected chi connectivity index (χ2v) is 12.6. The zero-order valence-electron chi connectivity index (χ0n) is 25.0. The molecule has 1 heterocycles. The topological polar surface area (TPSA) is 66.8 Å². The maximum atomic E-state index is 13.8. The molecule has 0 bridgehead atoms. The number of ether oxygens (including phenoxy) is 1. The summed E-state index contributed by atoms with van der Waals surface area (Å²) in [7, 11) is 0. The van der Waals surface area contributed by atoms with Crippen LogP contribution in [0.15, 0.2) is 72.3 Å². The molecule has 1 atom stereocenters. The molecule has 1 unspecified atom stereocenters. The molecule has 0 aromatic heterocycles. The number of carbonyl (C=O) groups excluding carboxylic acids is 2. The summed E-state index contributed by atoms with van der Waals surface area (Å²) in [5.41, 5.74) is 4.63. The maximum Gasteiger partial charge on any atom is 0.300 e. The highest BCUT2D eigenvalue weighted by molar-refractivity contribution is 6.52. The van der Waals surface area contributed by atoms with Crippen LogP contribution in [-0.4, -0.2) is 23.4 Å². The van der Waals surface area contributed by atoms with E-state index in [4.69, 9.17) is 4.74 Å². The van der Waals surface area contributed by atoms with Crippen LogP contribution in [0.1, 0.15) is 88.7 Å². The van der Waals surface area contributed by atoms with Crippen molar-refractivity contribution < 1.29 is 19.4 Å². The van der Waals surface area contributed by atoms with Gasteiger partial charge in [0.25, 0.3) is 11.7 Å². The van der Waals surface area contributed by atoms with Gasteiger partial charge in [0.2, 0.25) is 0 Å². The number of carbonyl (C=O) groups is 2. The summed E-state index contributed by atoms with van der Waals surface area (Å²) in [5, 5.41) is 11.8. The molecule has 1 amide bonds. The quantitative estimate of drug-likeness (QED) is 0.196. The molecule has 0 spiro atoms. The van der Waals surface area contributed by atoms with Crippen molar-refractivity contribution in [3.8, 4) is 5.75 Å². The number of hydrogen-bond acceptors (Lipinski definition) is 4. The van der Waals surface area contributed by atoms with E-state index in [1.807, 2.05) is 68.4 Å². The van der Waals surface area contributed by atoms with Gasteiger partial charge >= 0.3 is 0 Å². The fourth-order valence-electron chi connectivity index (χ4n) is 5.04. The molecule has 1 aliphatic rings. The van der Waals surface area contributed by atoms with Crippen LogP contribution in [0.2, 0.25) is 0 Å². The molecule has 5 heteroatoms. The van der Waals surface area contributed by atoms with Gasteiger partial charge in [0.15, 0.2) is 0 Å². The predicted molar refractivity (Wildman–Crippen MR) is 162 cm³/mol. The molecule has 3 aromatic rings. The van der Waals surface area contributed by atoms with Crippen LogP contribution in [0.4, 0.5) is 5.69 Å². The Hall–Kier alpha value is -3.86. The number of ketones is 1. The first kappa shape index (κ1) is 29.1. The molecule has 0 aliphatic carbocycles.